The van der Waals surface area contributed by atoms with Crippen molar-refractivity contribution in [1.29, 1.82) is 0 Å². The first-order chi connectivity index (χ1) is 7.72. The number of nitrogens with zero attached hydrogens (tertiary/aromatic N) is 1. The number of rotatable bonds is 1. The molecular weight excluding hydrogens is 198 g/mol. The van der Waals surface area contributed by atoms with E-state index < -0.39 is 0 Å². The Labute approximate surface area is 99.7 Å². The lowest BCUT2D eigenvalue weighted by Gasteiger charge is -2.24. The van der Waals surface area contributed by atoms with Crippen molar-refractivity contribution < 1.29 is 4.74 Å². The molecule has 3 aliphatic rings. The average molecular weight is 223 g/mol. The predicted molar refractivity (Wildman–Crippen MR) is 67.5 cm³/mol. The second-order valence-electron chi connectivity index (χ2n) is 5.23. The van der Waals surface area contributed by atoms with Gasteiger partial charge in [0.2, 0.25) is 0 Å². The Hall–Kier alpha value is -0.340. The molecule has 3 rings (SSSR count). The maximum Gasteiger partial charge on any atom is 0.0812 e. The molecular formula is C14H25NO. The van der Waals surface area contributed by atoms with Crippen LogP contribution >= 0.6 is 0 Å². The summed E-state index contributed by atoms with van der Waals surface area (Å²) in [4.78, 5) is 2.59. The van der Waals surface area contributed by atoms with E-state index in [9.17, 15) is 0 Å². The van der Waals surface area contributed by atoms with Crippen molar-refractivity contribution >= 4 is 0 Å². The highest BCUT2D eigenvalue weighted by atomic mass is 16.5. The zero-order valence-electron chi connectivity index (χ0n) is 11.0. The summed E-state index contributed by atoms with van der Waals surface area (Å²) in [7, 11) is 0. The molecule has 2 heteroatoms. The first kappa shape index (κ1) is 12.1. The van der Waals surface area contributed by atoms with Gasteiger partial charge in [-0.1, -0.05) is 39.3 Å². The van der Waals surface area contributed by atoms with Crippen molar-refractivity contribution in [2.75, 3.05) is 13.1 Å². The van der Waals surface area contributed by atoms with Gasteiger partial charge in [0.25, 0.3) is 0 Å². The molecule has 0 N–H and O–H groups in total. The molecule has 2 fully saturated rings. The van der Waals surface area contributed by atoms with Crippen LogP contribution in [0.25, 0.3) is 0 Å². The van der Waals surface area contributed by atoms with E-state index in [1.54, 1.807) is 0 Å². The molecule has 3 aliphatic heterocycles. The number of hydrogen-bond acceptors (Lipinski definition) is 2. The van der Waals surface area contributed by atoms with E-state index in [2.05, 4.69) is 44.7 Å². The Morgan fingerprint density at radius 3 is 2.38 bits per heavy atom. The van der Waals surface area contributed by atoms with Gasteiger partial charge in [0, 0.05) is 24.4 Å². The standard InChI is InChI=1S/C11H17NO.C3H8/c1-3-12-6-8-9-4-5-10(13-9)11(8)7(12)2;1-3-2/h4-5,7-11H,3,6H2,1-2H3;3H2,1-2H3. The van der Waals surface area contributed by atoms with Crippen LogP contribution in [0, 0.1) is 11.8 Å². The Bertz CT molecular complexity index is 263. The van der Waals surface area contributed by atoms with Gasteiger partial charge in [0.1, 0.15) is 0 Å². The lowest BCUT2D eigenvalue weighted by Crippen LogP contribution is -2.33. The molecule has 2 bridgehead atoms. The molecule has 0 aliphatic carbocycles. The third kappa shape index (κ3) is 1.82. The third-order valence-corrected chi connectivity index (χ3v) is 4.08. The Morgan fingerprint density at radius 2 is 1.81 bits per heavy atom. The van der Waals surface area contributed by atoms with Gasteiger partial charge in [-0.05, 0) is 13.5 Å². The molecule has 0 aromatic rings. The largest absolute Gasteiger partial charge is 0.366 e. The molecule has 5 unspecified atom stereocenters. The topological polar surface area (TPSA) is 12.5 Å². The van der Waals surface area contributed by atoms with Gasteiger partial charge < -0.3 is 9.64 Å². The van der Waals surface area contributed by atoms with Gasteiger partial charge in [-0.2, -0.15) is 0 Å². The Balaban J connectivity index is 0.000000292. The van der Waals surface area contributed by atoms with Crippen LogP contribution in [-0.2, 0) is 4.74 Å². The number of likely N-dealkylation sites (tertiary alicyclic amines) is 1. The number of fused-ring (bicyclic) bond motifs is 5. The van der Waals surface area contributed by atoms with E-state index in [4.69, 9.17) is 4.74 Å². The lowest BCUT2D eigenvalue weighted by molar-refractivity contribution is 0.0741. The van der Waals surface area contributed by atoms with Gasteiger partial charge in [0.15, 0.2) is 0 Å². The van der Waals surface area contributed by atoms with Gasteiger partial charge in [0.05, 0.1) is 12.2 Å². The number of ether oxygens (including phenoxy) is 1. The van der Waals surface area contributed by atoms with Crippen LogP contribution < -0.4 is 0 Å². The van der Waals surface area contributed by atoms with Crippen LogP contribution in [0.15, 0.2) is 12.2 Å². The van der Waals surface area contributed by atoms with E-state index in [0.717, 1.165) is 17.9 Å². The van der Waals surface area contributed by atoms with Crippen molar-refractivity contribution in [1.82, 2.24) is 4.90 Å². The zero-order valence-corrected chi connectivity index (χ0v) is 11.0. The molecule has 2 saturated heterocycles. The first-order valence-corrected chi connectivity index (χ1v) is 6.80. The molecule has 0 saturated carbocycles. The summed E-state index contributed by atoms with van der Waals surface area (Å²) >= 11 is 0. The summed E-state index contributed by atoms with van der Waals surface area (Å²) in [5.74, 6) is 1.56. The summed E-state index contributed by atoms with van der Waals surface area (Å²) in [6, 6.07) is 0.718. The maximum atomic E-state index is 5.86. The number of hydrogen-bond donors (Lipinski definition) is 0. The van der Waals surface area contributed by atoms with Crippen LogP contribution in [0.1, 0.15) is 34.1 Å². The van der Waals surface area contributed by atoms with Crippen molar-refractivity contribution in [2.45, 2.75) is 52.4 Å². The van der Waals surface area contributed by atoms with Crippen molar-refractivity contribution in [3.05, 3.63) is 12.2 Å². The van der Waals surface area contributed by atoms with E-state index in [0.29, 0.717) is 12.2 Å². The highest BCUT2D eigenvalue weighted by Crippen LogP contribution is 2.46. The monoisotopic (exact) mass is 223 g/mol. The molecule has 0 radical (unpaired) electrons. The third-order valence-electron chi connectivity index (χ3n) is 4.08. The molecule has 0 aromatic carbocycles. The predicted octanol–water partition coefficient (Wildman–Crippen LogP) is 2.70. The van der Waals surface area contributed by atoms with Crippen LogP contribution in [-0.4, -0.2) is 36.2 Å². The van der Waals surface area contributed by atoms with E-state index in [-0.39, 0.29) is 0 Å². The fourth-order valence-corrected chi connectivity index (χ4v) is 3.37. The highest BCUT2D eigenvalue weighted by molar-refractivity contribution is 5.19. The summed E-state index contributed by atoms with van der Waals surface area (Å²) in [6.07, 6.45) is 6.65. The minimum Gasteiger partial charge on any atom is -0.366 e. The zero-order chi connectivity index (χ0) is 11.7. The molecule has 0 spiro atoms. The minimum absolute atomic E-state index is 0.432. The maximum absolute atomic E-state index is 5.86. The Morgan fingerprint density at radius 1 is 1.19 bits per heavy atom. The summed E-state index contributed by atoms with van der Waals surface area (Å²) < 4.78 is 5.86. The normalized spacial score (nSPS) is 44.4. The second-order valence-corrected chi connectivity index (χ2v) is 5.23. The average Bonchev–Trinajstić information content (AvgIpc) is 2.91. The fourth-order valence-electron chi connectivity index (χ4n) is 3.37. The lowest BCUT2D eigenvalue weighted by atomic mass is 9.83. The molecule has 0 aromatic heterocycles. The van der Waals surface area contributed by atoms with E-state index in [1.165, 1.54) is 19.5 Å². The van der Waals surface area contributed by atoms with E-state index in [1.807, 2.05) is 0 Å². The van der Waals surface area contributed by atoms with Crippen LogP contribution in [0.4, 0.5) is 0 Å². The molecule has 5 atom stereocenters. The van der Waals surface area contributed by atoms with Crippen LogP contribution in [0.2, 0.25) is 0 Å². The van der Waals surface area contributed by atoms with Crippen LogP contribution in [0.3, 0.4) is 0 Å². The van der Waals surface area contributed by atoms with Gasteiger partial charge >= 0.3 is 0 Å². The van der Waals surface area contributed by atoms with Crippen molar-refractivity contribution in [3.63, 3.8) is 0 Å². The molecule has 0 amide bonds. The second kappa shape index (κ2) is 4.89. The van der Waals surface area contributed by atoms with Gasteiger partial charge in [-0.25, -0.2) is 0 Å². The van der Waals surface area contributed by atoms with Gasteiger partial charge in [-0.3, -0.25) is 0 Å². The molecule has 16 heavy (non-hydrogen) atoms. The summed E-state index contributed by atoms with van der Waals surface area (Å²) in [6.45, 7) is 11.3. The van der Waals surface area contributed by atoms with Crippen molar-refractivity contribution in [3.8, 4) is 0 Å². The van der Waals surface area contributed by atoms with Crippen molar-refractivity contribution in [2.24, 2.45) is 11.8 Å². The Kier molecular flexibility index (Phi) is 3.70. The molecule has 2 nitrogen and oxygen atoms in total. The summed E-state index contributed by atoms with van der Waals surface area (Å²) in [5.41, 5.74) is 0. The minimum atomic E-state index is 0.432. The van der Waals surface area contributed by atoms with Crippen LogP contribution in [0.5, 0.6) is 0 Å². The molecule has 92 valence electrons. The molecule has 3 heterocycles. The quantitative estimate of drug-likeness (QED) is 0.634. The summed E-state index contributed by atoms with van der Waals surface area (Å²) in [5, 5.41) is 0. The first-order valence-electron chi connectivity index (χ1n) is 6.80. The fraction of sp³-hybridized carbons (Fsp3) is 0.857. The van der Waals surface area contributed by atoms with E-state index >= 15 is 0 Å². The van der Waals surface area contributed by atoms with Gasteiger partial charge in [-0.15, -0.1) is 0 Å². The smallest absolute Gasteiger partial charge is 0.0812 e. The highest BCUT2D eigenvalue weighted by Gasteiger charge is 2.53. The SMILES string of the molecule is CCC.CCN1CC2C3C=CC(O3)C2C1C.